The van der Waals surface area contributed by atoms with Gasteiger partial charge < -0.3 is 216 Å². The number of hydrogen-bond acceptors (Lipinski definition) is 4. The molecular weight excluding hydrogens is 2270 g/mol. The number of rotatable bonds is 15. The van der Waals surface area contributed by atoms with Gasteiger partial charge in [-0.15, -0.1) is 0 Å². The Morgan fingerprint density at radius 1 is 0.258 bits per heavy atom. The predicted molar refractivity (Wildman–Crippen MR) is 182 cm³/mol. The van der Waals surface area contributed by atoms with Crippen LogP contribution in [0, 0.1) is 0 Å². The second-order valence-corrected chi connectivity index (χ2v) is 11.5. The van der Waals surface area contributed by atoms with Crippen LogP contribution in [0.25, 0.3) is 0 Å². The summed E-state index contributed by atoms with van der Waals surface area (Å²) in [5.74, 6) is 0. The standard InChI is InChI=1S/3C10H19N2.12Mo.H3O4P.36O/c3*1-3-4-5-6-7-12-9-8-11(2)10-12;;;;;;;;;;;;;1-5(2,3)4;;;;;;;;;;;;;;;;;;;;;;;;;;;;;;;;;;;;/h3*8-10H,3-7H2,1-2H3;;;;;;;;;;;;;(H3,1,2,3,4);;;;;;;;;;;;;;;;;;;;;;;;;;;;;;;;;;;;/q3*+1;;;;;;;;;;;;;;36*-2/p-3. The molecule has 0 aromatic carbocycles. The third kappa shape index (κ3) is 309. The van der Waals surface area contributed by atoms with Gasteiger partial charge in [-0.3, -0.25) is 0 Å². The molecule has 3 aromatic heterocycles. The maximum absolute atomic E-state index is 8.55. The van der Waals surface area contributed by atoms with E-state index in [-0.39, 0.29) is 450 Å². The zero-order valence-corrected chi connectivity index (χ0v) is 71.1. The summed E-state index contributed by atoms with van der Waals surface area (Å²) in [5.41, 5.74) is 0. The van der Waals surface area contributed by atoms with Gasteiger partial charge in [-0.05, 0) is 38.5 Å². The average Bonchev–Trinajstić information content (AvgIpc) is 3.64. The maximum Gasteiger partial charge on any atom is 0.243 e. The van der Waals surface area contributed by atoms with E-state index in [2.05, 4.69) is 125 Å². The molecule has 3 heterocycles. The first-order chi connectivity index (χ1) is 19.5. The molecule has 0 saturated carbocycles. The quantitative estimate of drug-likeness (QED) is 0.0763. The van der Waals surface area contributed by atoms with Crippen LogP contribution < -0.4 is 28.4 Å². The molecule has 46 nitrogen and oxygen atoms in total. The van der Waals surface area contributed by atoms with Gasteiger partial charge >= 0.3 is 0 Å². The number of unbranched alkanes of at least 4 members (excludes halogenated alkanes) is 9. The predicted octanol–water partition coefficient (Wildman–Crippen LogP) is -1.45. The van der Waals surface area contributed by atoms with Crippen LogP contribution >= 0.6 is 7.82 Å². The molecule has 3 rings (SSSR count). The largest absolute Gasteiger partial charge is 2.00 e. The van der Waals surface area contributed by atoms with E-state index in [0.29, 0.717) is 0 Å². The van der Waals surface area contributed by atoms with Crippen molar-refractivity contribution in [3.05, 3.63) is 56.2 Å². The Bertz CT molecular complexity index is 1030. The summed E-state index contributed by atoms with van der Waals surface area (Å²) < 4.78 is 21.5. The van der Waals surface area contributed by atoms with Gasteiger partial charge in [-0.25, -0.2) is 27.4 Å². The number of imidazole rings is 3. The molecule has 0 aliphatic rings. The summed E-state index contributed by atoms with van der Waals surface area (Å²) in [4.78, 5) is 25.6. The average molecular weight is 2320 g/mol. The van der Waals surface area contributed by atoms with Gasteiger partial charge in [-0.1, -0.05) is 59.3 Å². The molecule has 0 bridgehead atoms. The van der Waals surface area contributed by atoms with Crippen LogP contribution in [-0.2, 0) is 495 Å². The molecule has 0 aliphatic heterocycles. The van der Waals surface area contributed by atoms with E-state index in [0.717, 1.165) is 0 Å². The second kappa shape index (κ2) is 281. The van der Waals surface area contributed by atoms with Crippen molar-refractivity contribution in [3.63, 3.8) is 0 Å². The van der Waals surface area contributed by atoms with Crippen LogP contribution in [0.5, 0.6) is 0 Å². The monoisotopic (exact) mass is 2350 g/mol. The van der Waals surface area contributed by atoms with Crippen LogP contribution in [0.1, 0.15) is 97.8 Å². The molecule has 0 radical (unpaired) electrons. The van der Waals surface area contributed by atoms with Crippen molar-refractivity contribution in [3.8, 4) is 0 Å². The Labute approximate surface area is 691 Å². The normalized spacial score (nSPS) is 4.91. The van der Waals surface area contributed by atoms with E-state index < -0.39 is 7.82 Å². The summed E-state index contributed by atoms with van der Waals surface area (Å²) in [5, 5.41) is 0. The number of nitrogens with zero attached hydrogens (tertiary/aromatic N) is 6. The second-order valence-electron chi connectivity index (χ2n) is 10.6. The van der Waals surface area contributed by atoms with Gasteiger partial charge in [0.1, 0.15) is 37.2 Å². The zero-order chi connectivity index (χ0) is 30.9. The third-order valence-corrected chi connectivity index (χ3v) is 6.28. The van der Waals surface area contributed by atoms with E-state index >= 15 is 0 Å². The fraction of sp³-hybridized carbons (Fsp3) is 0.700. The topological polar surface area (TPSA) is 1140 Å². The summed E-state index contributed by atoms with van der Waals surface area (Å²) in [6.45, 7) is 10.2. The SMILES string of the molecule is CCCCCCn1cc[n+](C)c1.CCCCCCn1cc[n+](C)c1.CCCCCCn1cc[n+](C)c1.O=P([O-])([O-])[O-].[Mo].[Mo].[Mo].[Mo].[Mo].[Mo].[Mo].[Mo].[Mo].[Mo].[Mo].[Mo].[O-2].[O-2].[O-2].[O-2].[O-2].[O-2].[O-2].[O-2].[O-2].[O-2].[O-2].[O-2].[O-2].[O-2].[O-2].[O-2].[O-2].[O-2].[O-2].[O-2].[O-2].[O-2].[O-2].[O-2].[O-2].[O-2].[O-2].[O-2].[O-2].[O-2].[O-2].[O-2].[O-2].[O-2].[O-2].[O-2]. The number of aryl methyl sites for hydroxylation is 6. The minimum Gasteiger partial charge on any atom is -2.00 e. The van der Waals surface area contributed by atoms with Gasteiger partial charge in [-0.2, -0.15) is 7.82 Å². The van der Waals surface area contributed by atoms with E-state index in [4.69, 9.17) is 19.2 Å². The fourth-order valence-electron chi connectivity index (χ4n) is 4.07. The molecule has 596 valence electrons. The van der Waals surface area contributed by atoms with Crippen molar-refractivity contribution in [1.82, 2.24) is 13.7 Å². The number of aromatic nitrogens is 6. The Morgan fingerprint density at radius 2 is 0.371 bits per heavy atom. The molecule has 0 amide bonds. The minimum absolute atomic E-state index is 0. The summed E-state index contributed by atoms with van der Waals surface area (Å²) in [6.07, 6.45) is 35.1. The van der Waals surface area contributed by atoms with Gasteiger partial charge in [0.2, 0.25) is 19.0 Å². The van der Waals surface area contributed by atoms with Gasteiger partial charge in [0, 0.05) is 253 Å². The summed E-state index contributed by atoms with van der Waals surface area (Å²) in [6, 6.07) is 0. The molecule has 0 N–H and O–H groups in total. The summed E-state index contributed by atoms with van der Waals surface area (Å²) >= 11 is 0. The van der Waals surface area contributed by atoms with Crippen molar-refractivity contribution in [2.24, 2.45) is 21.1 Å². The first-order valence-electron chi connectivity index (χ1n) is 15.2. The fourth-order valence-corrected chi connectivity index (χ4v) is 4.07. The van der Waals surface area contributed by atoms with Crippen LogP contribution in [0.2, 0.25) is 0 Å². The maximum atomic E-state index is 8.55. The zero-order valence-electron chi connectivity index (χ0n) is 46.2. The first kappa shape index (κ1) is 404. The van der Waals surface area contributed by atoms with E-state index in [1.165, 1.54) is 96.7 Å². The first-order valence-corrected chi connectivity index (χ1v) is 16.7. The smallest absolute Gasteiger partial charge is 0.243 e. The Kier molecular flexibility index (Phi) is 1270. The molecule has 0 spiro atoms. The molecule has 89 heavy (non-hydrogen) atoms. The van der Waals surface area contributed by atoms with Crippen molar-refractivity contribution in [2.45, 2.75) is 117 Å². The molecular formula is C30H57Mo12N6O40P-72. The van der Waals surface area contributed by atoms with E-state index in [1.54, 1.807) is 0 Å². The molecule has 0 fully saturated rings. The summed E-state index contributed by atoms with van der Waals surface area (Å²) in [7, 11) is 0.785. The molecule has 0 aliphatic carbocycles. The Balaban J connectivity index is -0.00000000438. The van der Waals surface area contributed by atoms with Gasteiger partial charge in [0.05, 0.1) is 40.8 Å². The van der Waals surface area contributed by atoms with Gasteiger partial charge in [0.25, 0.3) is 0 Å². The number of phosphoric acid groups is 1. The van der Waals surface area contributed by atoms with Crippen LogP contribution in [0.4, 0.5) is 0 Å². The molecule has 0 unspecified atom stereocenters. The van der Waals surface area contributed by atoms with Crippen LogP contribution in [-0.4, -0.2) is 13.7 Å². The molecule has 0 atom stereocenters. The Morgan fingerprint density at radius 3 is 0.449 bits per heavy atom. The van der Waals surface area contributed by atoms with E-state index in [9.17, 15) is 0 Å². The van der Waals surface area contributed by atoms with E-state index in [1.807, 2.05) is 0 Å². The molecule has 0 saturated heterocycles. The van der Waals surface area contributed by atoms with Gasteiger partial charge in [0.15, 0.2) is 0 Å². The number of hydrogen-bond donors (Lipinski definition) is 0. The van der Waals surface area contributed by atoms with Crippen molar-refractivity contribution in [2.75, 3.05) is 0 Å². The van der Waals surface area contributed by atoms with Crippen molar-refractivity contribution >= 4 is 7.82 Å². The van der Waals surface area contributed by atoms with Crippen molar-refractivity contribution < 1.29 is 483 Å². The minimum atomic E-state index is -5.39. The third-order valence-electron chi connectivity index (χ3n) is 6.28. The molecule has 3 aromatic rings. The Hall–Kier alpha value is 4.56. The van der Waals surface area contributed by atoms with Crippen molar-refractivity contribution in [1.29, 1.82) is 0 Å². The molecule has 59 heteroatoms. The van der Waals surface area contributed by atoms with Crippen LogP contribution in [0.15, 0.2) is 56.2 Å². The van der Waals surface area contributed by atoms with Crippen LogP contribution in [0.3, 0.4) is 0 Å².